The quantitative estimate of drug-likeness (QED) is 0.702. The zero-order valence-corrected chi connectivity index (χ0v) is 13.8. The highest BCUT2D eigenvalue weighted by atomic mass is 35.5. The van der Waals surface area contributed by atoms with Gasteiger partial charge in [-0.05, 0) is 48.7 Å². The minimum atomic E-state index is -1.03. The number of hydrogen-bond donors (Lipinski definition) is 1. The lowest BCUT2D eigenvalue weighted by atomic mass is 10.1. The molecule has 0 saturated carbocycles. The fourth-order valence-electron chi connectivity index (χ4n) is 2.22. The minimum Gasteiger partial charge on any atom is -0.477 e. The topological polar surface area (TPSA) is 55.1 Å². The van der Waals surface area contributed by atoms with Crippen molar-refractivity contribution in [3.63, 3.8) is 0 Å². The van der Waals surface area contributed by atoms with Crippen molar-refractivity contribution in [2.45, 2.75) is 4.90 Å². The summed E-state index contributed by atoms with van der Waals surface area (Å²) in [5, 5.41) is 14.5. The van der Waals surface area contributed by atoms with Gasteiger partial charge in [-0.25, -0.2) is 9.48 Å². The molecule has 3 rings (SSSR count). The average Bonchev–Trinajstić information content (AvgIpc) is 3.01. The van der Waals surface area contributed by atoms with E-state index in [9.17, 15) is 9.90 Å². The number of halogens is 1. The molecule has 0 bridgehead atoms. The predicted octanol–water partition coefficient (Wildman–Crippen LogP) is 4.61. The molecule has 0 spiro atoms. The number of carbonyl (C=O) groups is 1. The van der Waals surface area contributed by atoms with Gasteiger partial charge in [-0.2, -0.15) is 5.10 Å². The van der Waals surface area contributed by atoms with Crippen molar-refractivity contribution < 1.29 is 9.90 Å². The fraction of sp³-hybridized carbons (Fsp3) is 0.0588. The molecule has 3 aromatic rings. The van der Waals surface area contributed by atoms with Crippen molar-refractivity contribution in [3.8, 4) is 16.9 Å². The van der Waals surface area contributed by atoms with Crippen LogP contribution in [0, 0.1) is 0 Å². The second kappa shape index (κ2) is 6.48. The van der Waals surface area contributed by atoms with Crippen LogP contribution in [0.3, 0.4) is 0 Å². The van der Waals surface area contributed by atoms with Gasteiger partial charge in [-0.15, -0.1) is 11.8 Å². The zero-order chi connectivity index (χ0) is 16.4. The molecule has 0 unspecified atom stereocenters. The Kier molecular flexibility index (Phi) is 4.41. The first-order valence-corrected chi connectivity index (χ1v) is 8.42. The highest BCUT2D eigenvalue weighted by Crippen LogP contribution is 2.25. The van der Waals surface area contributed by atoms with Crippen LogP contribution in [0.4, 0.5) is 0 Å². The number of aromatic carboxylic acids is 1. The Hall–Kier alpha value is -2.24. The molecule has 0 aliphatic rings. The van der Waals surface area contributed by atoms with Crippen molar-refractivity contribution in [1.82, 2.24) is 9.78 Å². The zero-order valence-electron chi connectivity index (χ0n) is 12.2. The van der Waals surface area contributed by atoms with E-state index in [1.54, 1.807) is 42.1 Å². The summed E-state index contributed by atoms with van der Waals surface area (Å²) in [6, 6.07) is 16.3. The maximum Gasteiger partial charge on any atom is 0.354 e. The molecule has 116 valence electrons. The van der Waals surface area contributed by atoms with Crippen LogP contribution in [0.2, 0.25) is 5.02 Å². The van der Waals surface area contributed by atoms with Gasteiger partial charge in [0.1, 0.15) is 0 Å². The van der Waals surface area contributed by atoms with Gasteiger partial charge >= 0.3 is 5.97 Å². The fourth-order valence-corrected chi connectivity index (χ4v) is 2.75. The lowest BCUT2D eigenvalue weighted by Crippen LogP contribution is -2.07. The second-order valence-electron chi connectivity index (χ2n) is 4.84. The van der Waals surface area contributed by atoms with Crippen LogP contribution in [0.15, 0.2) is 59.5 Å². The lowest BCUT2D eigenvalue weighted by Gasteiger charge is -2.04. The first-order valence-electron chi connectivity index (χ1n) is 6.82. The summed E-state index contributed by atoms with van der Waals surface area (Å²) < 4.78 is 1.41. The Morgan fingerprint density at radius 3 is 2.35 bits per heavy atom. The number of carboxylic acid groups (broad SMARTS) is 1. The normalized spacial score (nSPS) is 10.7. The molecule has 0 atom stereocenters. The molecule has 0 aliphatic heterocycles. The molecule has 4 nitrogen and oxygen atoms in total. The van der Waals surface area contributed by atoms with Gasteiger partial charge in [-0.1, -0.05) is 23.7 Å². The van der Waals surface area contributed by atoms with Crippen LogP contribution >= 0.6 is 23.4 Å². The molecule has 0 radical (unpaired) electrons. The summed E-state index contributed by atoms with van der Waals surface area (Å²) >= 11 is 7.54. The average molecular weight is 345 g/mol. The van der Waals surface area contributed by atoms with Gasteiger partial charge < -0.3 is 5.11 Å². The number of rotatable bonds is 4. The van der Waals surface area contributed by atoms with Crippen LogP contribution in [0.1, 0.15) is 10.5 Å². The van der Waals surface area contributed by atoms with E-state index in [1.807, 2.05) is 30.5 Å². The molecule has 23 heavy (non-hydrogen) atoms. The summed E-state index contributed by atoms with van der Waals surface area (Å²) in [4.78, 5) is 12.7. The van der Waals surface area contributed by atoms with E-state index in [0.717, 1.165) is 10.5 Å². The molecule has 1 heterocycles. The highest BCUT2D eigenvalue weighted by molar-refractivity contribution is 7.98. The summed E-state index contributed by atoms with van der Waals surface area (Å²) in [6.07, 6.45) is 2.01. The lowest BCUT2D eigenvalue weighted by molar-refractivity contribution is 0.0687. The monoisotopic (exact) mass is 344 g/mol. The Balaban J connectivity index is 2.07. The predicted molar refractivity (Wildman–Crippen MR) is 92.8 cm³/mol. The second-order valence-corrected chi connectivity index (χ2v) is 6.15. The molecule has 2 aromatic carbocycles. The van der Waals surface area contributed by atoms with Gasteiger partial charge in [0.25, 0.3) is 0 Å². The van der Waals surface area contributed by atoms with Crippen LogP contribution in [0.5, 0.6) is 0 Å². The highest BCUT2D eigenvalue weighted by Gasteiger charge is 2.16. The molecule has 0 aliphatic carbocycles. The molecule has 1 N–H and O–H groups in total. The molecule has 1 aromatic heterocycles. The van der Waals surface area contributed by atoms with Crippen LogP contribution < -0.4 is 0 Å². The van der Waals surface area contributed by atoms with Gasteiger partial charge in [0, 0.05) is 15.5 Å². The molecule has 6 heteroatoms. The standard InChI is InChI=1S/C17H13ClN2O2S/c1-23-14-8-2-11(3-9-14)15-10-16(17(21)22)20(19-15)13-6-4-12(18)5-7-13/h2-10H,1H3,(H,21,22). The summed E-state index contributed by atoms with van der Waals surface area (Å²) in [5.74, 6) is -1.03. The van der Waals surface area contributed by atoms with E-state index in [2.05, 4.69) is 5.10 Å². The van der Waals surface area contributed by atoms with E-state index >= 15 is 0 Å². The maximum absolute atomic E-state index is 11.5. The number of hydrogen-bond acceptors (Lipinski definition) is 3. The summed E-state index contributed by atoms with van der Waals surface area (Å²) in [7, 11) is 0. The Morgan fingerprint density at radius 2 is 1.78 bits per heavy atom. The Morgan fingerprint density at radius 1 is 1.13 bits per heavy atom. The first kappa shape index (κ1) is 15.6. The molecule has 0 amide bonds. The number of benzene rings is 2. The third-order valence-corrected chi connectivity index (χ3v) is 4.38. The van der Waals surface area contributed by atoms with Crippen molar-refractivity contribution in [2.24, 2.45) is 0 Å². The van der Waals surface area contributed by atoms with Crippen molar-refractivity contribution in [2.75, 3.05) is 6.26 Å². The third kappa shape index (κ3) is 3.25. The number of nitrogens with zero attached hydrogens (tertiary/aromatic N) is 2. The summed E-state index contributed by atoms with van der Waals surface area (Å²) in [5.41, 5.74) is 2.25. The van der Waals surface area contributed by atoms with Crippen molar-refractivity contribution >= 4 is 29.3 Å². The molecular formula is C17H13ClN2O2S. The molecular weight excluding hydrogens is 332 g/mol. The van der Waals surface area contributed by atoms with E-state index in [4.69, 9.17) is 11.6 Å². The van der Waals surface area contributed by atoms with E-state index < -0.39 is 5.97 Å². The maximum atomic E-state index is 11.5. The minimum absolute atomic E-state index is 0.108. The SMILES string of the molecule is CSc1ccc(-c2cc(C(=O)O)n(-c3ccc(Cl)cc3)n2)cc1. The number of carboxylic acids is 1. The van der Waals surface area contributed by atoms with E-state index in [-0.39, 0.29) is 5.69 Å². The third-order valence-electron chi connectivity index (χ3n) is 3.39. The van der Waals surface area contributed by atoms with Crippen LogP contribution in [0.25, 0.3) is 16.9 Å². The smallest absolute Gasteiger partial charge is 0.354 e. The van der Waals surface area contributed by atoms with Gasteiger partial charge in [0.2, 0.25) is 0 Å². The van der Waals surface area contributed by atoms with Crippen LogP contribution in [-0.4, -0.2) is 27.1 Å². The van der Waals surface area contributed by atoms with Gasteiger partial charge in [0.15, 0.2) is 5.69 Å². The van der Waals surface area contributed by atoms with Crippen molar-refractivity contribution in [3.05, 3.63) is 65.3 Å². The number of aromatic nitrogens is 2. The van der Waals surface area contributed by atoms with E-state index in [0.29, 0.717) is 16.4 Å². The number of thioether (sulfide) groups is 1. The molecule has 0 saturated heterocycles. The summed E-state index contributed by atoms with van der Waals surface area (Å²) in [6.45, 7) is 0. The largest absolute Gasteiger partial charge is 0.477 e. The Bertz CT molecular complexity index is 842. The van der Waals surface area contributed by atoms with Crippen molar-refractivity contribution in [1.29, 1.82) is 0 Å². The van der Waals surface area contributed by atoms with Gasteiger partial charge in [0.05, 0.1) is 11.4 Å². The van der Waals surface area contributed by atoms with Gasteiger partial charge in [-0.3, -0.25) is 0 Å². The van der Waals surface area contributed by atoms with E-state index in [1.165, 1.54) is 4.68 Å². The van der Waals surface area contributed by atoms with Crippen LogP contribution in [-0.2, 0) is 0 Å². The molecule has 0 fully saturated rings. The Labute approximate surface area is 142 Å². The first-order chi connectivity index (χ1) is 11.1.